The van der Waals surface area contributed by atoms with Crippen molar-refractivity contribution < 1.29 is 9.72 Å². The second-order valence-electron chi connectivity index (χ2n) is 5.62. The van der Waals surface area contributed by atoms with Crippen LogP contribution in [0.25, 0.3) is 0 Å². The summed E-state index contributed by atoms with van der Waals surface area (Å²) < 4.78 is 0. The van der Waals surface area contributed by atoms with Gasteiger partial charge in [0, 0.05) is 17.0 Å². The zero-order chi connectivity index (χ0) is 16.6. The molecule has 3 N–H and O–H groups in total. The number of benzene rings is 1. The van der Waals surface area contributed by atoms with Crippen LogP contribution in [0, 0.1) is 17.0 Å². The Hall–Kier alpha value is -2.32. The Labute approximate surface area is 136 Å². The second-order valence-corrected chi connectivity index (χ2v) is 6.71. The lowest BCUT2D eigenvalue weighted by Crippen LogP contribution is -2.27. The minimum Gasteiger partial charge on any atom is -0.327 e. The van der Waals surface area contributed by atoms with Crippen LogP contribution in [0.2, 0.25) is 0 Å². The van der Waals surface area contributed by atoms with E-state index in [9.17, 15) is 14.9 Å². The van der Waals surface area contributed by atoms with Crippen molar-refractivity contribution in [2.24, 2.45) is 5.73 Å². The van der Waals surface area contributed by atoms with Crippen LogP contribution in [0.4, 0.5) is 10.8 Å². The van der Waals surface area contributed by atoms with Gasteiger partial charge >= 0.3 is 0 Å². The van der Waals surface area contributed by atoms with Crippen LogP contribution < -0.4 is 11.1 Å². The molecule has 1 aliphatic carbocycles. The van der Waals surface area contributed by atoms with Gasteiger partial charge in [0.25, 0.3) is 11.6 Å². The fourth-order valence-electron chi connectivity index (χ4n) is 2.61. The lowest BCUT2D eigenvalue weighted by Gasteiger charge is -2.15. The minimum atomic E-state index is -0.555. The SMILES string of the molecule is Cc1ccc([N+](=O)[O-])c(C(=O)Nc2nc3c(s2)C[C@@H](N)CC3)c1. The standard InChI is InChI=1S/C15H16N4O3S/c1-8-2-5-12(19(21)22)10(6-8)14(20)18-15-17-11-4-3-9(16)7-13(11)23-15/h2,5-6,9H,3-4,7,16H2,1H3,(H,17,18,20)/t9-/m0/s1. The first kappa shape index (κ1) is 15.6. The van der Waals surface area contributed by atoms with Crippen LogP contribution in [0.5, 0.6) is 0 Å². The Kier molecular flexibility index (Phi) is 4.10. The molecular weight excluding hydrogens is 316 g/mol. The van der Waals surface area contributed by atoms with Crippen molar-refractivity contribution in [1.29, 1.82) is 0 Å². The fraction of sp³-hybridized carbons (Fsp3) is 0.333. The molecule has 0 fully saturated rings. The van der Waals surface area contributed by atoms with Gasteiger partial charge in [0.05, 0.1) is 10.6 Å². The zero-order valence-electron chi connectivity index (χ0n) is 12.5. The number of thiazole rings is 1. The molecule has 1 aromatic heterocycles. The highest BCUT2D eigenvalue weighted by Crippen LogP contribution is 2.30. The Morgan fingerprint density at radius 1 is 1.52 bits per heavy atom. The van der Waals surface area contributed by atoms with E-state index >= 15 is 0 Å². The van der Waals surface area contributed by atoms with E-state index in [0.717, 1.165) is 35.4 Å². The van der Waals surface area contributed by atoms with Gasteiger partial charge in [0.15, 0.2) is 5.13 Å². The Bertz CT molecular complexity index is 787. The Morgan fingerprint density at radius 3 is 3.04 bits per heavy atom. The van der Waals surface area contributed by atoms with E-state index in [4.69, 9.17) is 5.73 Å². The van der Waals surface area contributed by atoms with Gasteiger partial charge in [-0.05, 0) is 37.8 Å². The van der Waals surface area contributed by atoms with E-state index in [1.165, 1.54) is 23.5 Å². The first-order valence-corrected chi connectivity index (χ1v) is 8.06. The van der Waals surface area contributed by atoms with Crippen LogP contribution in [0.15, 0.2) is 18.2 Å². The number of amides is 1. The monoisotopic (exact) mass is 332 g/mol. The molecule has 1 aliphatic rings. The molecule has 0 unspecified atom stereocenters. The number of nitrogens with zero attached hydrogens (tertiary/aromatic N) is 2. The van der Waals surface area contributed by atoms with Gasteiger partial charge in [-0.25, -0.2) is 4.98 Å². The summed E-state index contributed by atoms with van der Waals surface area (Å²) in [6.45, 7) is 1.78. The first-order valence-electron chi connectivity index (χ1n) is 7.24. The van der Waals surface area contributed by atoms with Crippen LogP contribution in [-0.4, -0.2) is 21.9 Å². The molecule has 0 saturated heterocycles. The van der Waals surface area contributed by atoms with Crippen molar-refractivity contribution in [1.82, 2.24) is 4.98 Å². The predicted octanol–water partition coefficient (Wildman–Crippen LogP) is 2.43. The lowest BCUT2D eigenvalue weighted by molar-refractivity contribution is -0.385. The van der Waals surface area contributed by atoms with E-state index in [2.05, 4.69) is 10.3 Å². The highest BCUT2D eigenvalue weighted by atomic mass is 32.1. The van der Waals surface area contributed by atoms with Gasteiger partial charge in [-0.2, -0.15) is 0 Å². The van der Waals surface area contributed by atoms with E-state index < -0.39 is 10.8 Å². The maximum atomic E-state index is 12.4. The molecule has 0 radical (unpaired) electrons. The molecule has 0 bridgehead atoms. The molecule has 1 heterocycles. The van der Waals surface area contributed by atoms with Gasteiger partial charge < -0.3 is 5.73 Å². The smallest absolute Gasteiger partial charge is 0.282 e. The third-order valence-corrected chi connectivity index (χ3v) is 4.83. The Balaban J connectivity index is 1.85. The maximum Gasteiger partial charge on any atom is 0.282 e. The number of fused-ring (bicyclic) bond motifs is 1. The number of nitrogens with one attached hydrogen (secondary N) is 1. The van der Waals surface area contributed by atoms with E-state index in [-0.39, 0.29) is 17.3 Å². The number of hydrogen-bond acceptors (Lipinski definition) is 6. The van der Waals surface area contributed by atoms with Crippen molar-refractivity contribution in [3.8, 4) is 0 Å². The van der Waals surface area contributed by atoms with Gasteiger partial charge in [-0.3, -0.25) is 20.2 Å². The molecule has 120 valence electrons. The summed E-state index contributed by atoms with van der Waals surface area (Å²) in [4.78, 5) is 28.4. The summed E-state index contributed by atoms with van der Waals surface area (Å²) in [7, 11) is 0. The summed E-state index contributed by atoms with van der Waals surface area (Å²) in [6.07, 6.45) is 2.44. The van der Waals surface area contributed by atoms with Gasteiger partial charge in [0.1, 0.15) is 5.56 Å². The molecular formula is C15H16N4O3S. The molecule has 0 aliphatic heterocycles. The number of nitro benzene ring substituents is 1. The molecule has 7 nitrogen and oxygen atoms in total. The minimum absolute atomic E-state index is 0.0415. The lowest BCUT2D eigenvalue weighted by atomic mass is 9.99. The summed E-state index contributed by atoms with van der Waals surface area (Å²) >= 11 is 1.39. The largest absolute Gasteiger partial charge is 0.327 e. The average Bonchev–Trinajstić information content (AvgIpc) is 2.88. The van der Waals surface area contributed by atoms with Crippen LogP contribution in [-0.2, 0) is 12.8 Å². The second kappa shape index (κ2) is 6.05. The third kappa shape index (κ3) is 3.22. The van der Waals surface area contributed by atoms with Crippen molar-refractivity contribution in [2.75, 3.05) is 5.32 Å². The molecule has 0 spiro atoms. The number of carbonyl (C=O) groups excluding carboxylic acids is 1. The molecule has 1 atom stereocenters. The number of nitrogens with two attached hydrogens (primary N) is 1. The molecule has 3 rings (SSSR count). The topological polar surface area (TPSA) is 111 Å². The van der Waals surface area contributed by atoms with Crippen molar-refractivity contribution in [3.63, 3.8) is 0 Å². The van der Waals surface area contributed by atoms with Gasteiger partial charge in [-0.1, -0.05) is 6.07 Å². The normalized spacial score (nSPS) is 16.7. The quantitative estimate of drug-likeness (QED) is 0.662. The third-order valence-electron chi connectivity index (χ3n) is 3.79. The number of aryl methyl sites for hydroxylation is 2. The van der Waals surface area contributed by atoms with Crippen molar-refractivity contribution in [3.05, 3.63) is 50.0 Å². The number of aromatic nitrogens is 1. The van der Waals surface area contributed by atoms with Crippen LogP contribution >= 0.6 is 11.3 Å². The average molecular weight is 332 g/mol. The van der Waals surface area contributed by atoms with E-state index in [1.54, 1.807) is 13.0 Å². The zero-order valence-corrected chi connectivity index (χ0v) is 13.4. The number of anilines is 1. The van der Waals surface area contributed by atoms with Gasteiger partial charge in [-0.15, -0.1) is 11.3 Å². The summed E-state index contributed by atoms with van der Waals surface area (Å²) in [5.74, 6) is -0.518. The highest BCUT2D eigenvalue weighted by molar-refractivity contribution is 7.15. The molecule has 2 aromatic rings. The van der Waals surface area contributed by atoms with Crippen LogP contribution in [0.1, 0.15) is 32.9 Å². The summed E-state index contributed by atoms with van der Waals surface area (Å²) in [5, 5.41) is 14.2. The fourth-order valence-corrected chi connectivity index (χ4v) is 3.71. The first-order chi connectivity index (χ1) is 10.9. The summed E-state index contributed by atoms with van der Waals surface area (Å²) in [5.41, 5.74) is 7.51. The molecule has 23 heavy (non-hydrogen) atoms. The van der Waals surface area contributed by atoms with E-state index in [1.807, 2.05) is 0 Å². The number of carbonyl (C=O) groups is 1. The van der Waals surface area contributed by atoms with E-state index in [0.29, 0.717) is 5.13 Å². The maximum absolute atomic E-state index is 12.4. The number of rotatable bonds is 3. The molecule has 1 amide bonds. The van der Waals surface area contributed by atoms with Crippen LogP contribution in [0.3, 0.4) is 0 Å². The van der Waals surface area contributed by atoms with Crippen molar-refractivity contribution >= 4 is 28.1 Å². The van der Waals surface area contributed by atoms with Gasteiger partial charge in [0.2, 0.25) is 0 Å². The van der Waals surface area contributed by atoms with Crippen molar-refractivity contribution in [2.45, 2.75) is 32.2 Å². The number of hydrogen-bond donors (Lipinski definition) is 2. The predicted molar refractivity (Wildman–Crippen MR) is 87.9 cm³/mol. The number of nitro groups is 1. The molecule has 8 heteroatoms. The molecule has 1 aromatic carbocycles. The molecule has 0 saturated carbocycles. The summed E-state index contributed by atoms with van der Waals surface area (Å²) in [6, 6.07) is 4.59. The highest BCUT2D eigenvalue weighted by Gasteiger charge is 2.24. The Morgan fingerprint density at radius 2 is 2.30 bits per heavy atom.